The molecule has 30 heavy (non-hydrogen) atoms. The molecule has 0 unspecified atom stereocenters. The van der Waals surface area contributed by atoms with Gasteiger partial charge in [0.05, 0.1) is 5.69 Å². The second-order valence-electron chi connectivity index (χ2n) is 7.89. The van der Waals surface area contributed by atoms with Crippen molar-refractivity contribution in [1.29, 1.82) is 0 Å². The minimum atomic E-state index is -0.267. The van der Waals surface area contributed by atoms with Crippen LogP contribution in [0, 0.1) is 12.7 Å². The predicted octanol–water partition coefficient (Wildman–Crippen LogP) is 3.82. The Hall–Kier alpha value is -3.15. The van der Waals surface area contributed by atoms with E-state index in [-0.39, 0.29) is 11.7 Å². The van der Waals surface area contributed by atoms with Gasteiger partial charge in [0.25, 0.3) is 0 Å². The monoisotopic (exact) mass is 406 g/mol. The Kier molecular flexibility index (Phi) is 5.84. The van der Waals surface area contributed by atoms with Gasteiger partial charge in [-0.2, -0.15) is 5.10 Å². The van der Waals surface area contributed by atoms with E-state index in [0.29, 0.717) is 12.8 Å². The molecule has 0 aliphatic carbocycles. The van der Waals surface area contributed by atoms with E-state index in [4.69, 9.17) is 0 Å². The number of amides is 1. The van der Waals surface area contributed by atoms with Crippen molar-refractivity contribution in [2.75, 3.05) is 31.1 Å². The van der Waals surface area contributed by atoms with Gasteiger partial charge < -0.3 is 9.80 Å². The zero-order valence-corrected chi connectivity index (χ0v) is 17.5. The van der Waals surface area contributed by atoms with E-state index in [0.717, 1.165) is 43.0 Å². The first-order valence-corrected chi connectivity index (χ1v) is 10.4. The summed E-state index contributed by atoms with van der Waals surface area (Å²) >= 11 is 0. The highest BCUT2D eigenvalue weighted by Crippen LogP contribution is 2.24. The summed E-state index contributed by atoms with van der Waals surface area (Å²) < 4.78 is 15.0. The van der Waals surface area contributed by atoms with Gasteiger partial charge >= 0.3 is 0 Å². The number of hydrogen-bond donors (Lipinski definition) is 0. The van der Waals surface area contributed by atoms with E-state index in [1.807, 2.05) is 18.1 Å². The van der Waals surface area contributed by atoms with Crippen LogP contribution >= 0.6 is 0 Å². The van der Waals surface area contributed by atoms with Crippen LogP contribution in [0.5, 0.6) is 0 Å². The molecule has 1 aromatic heterocycles. The summed E-state index contributed by atoms with van der Waals surface area (Å²) in [5.74, 6) is -0.0938. The van der Waals surface area contributed by atoms with E-state index in [1.54, 1.807) is 16.8 Å². The van der Waals surface area contributed by atoms with Gasteiger partial charge in [-0.1, -0.05) is 17.7 Å². The van der Waals surface area contributed by atoms with Gasteiger partial charge in [0.1, 0.15) is 5.82 Å². The fourth-order valence-corrected chi connectivity index (χ4v) is 3.94. The summed E-state index contributed by atoms with van der Waals surface area (Å²) in [5, 5.41) is 4.51. The molecule has 2 heterocycles. The van der Waals surface area contributed by atoms with Crippen molar-refractivity contribution in [1.82, 2.24) is 14.7 Å². The van der Waals surface area contributed by atoms with E-state index in [1.165, 1.54) is 23.4 Å². The van der Waals surface area contributed by atoms with Gasteiger partial charge in [-0.15, -0.1) is 0 Å². The Balaban J connectivity index is 1.34. The SMILES string of the molecule is Cc1ccc(N2CCN(C(=O)CCc3cn(C)nc3-c3ccc(F)cc3)CC2)cc1. The Bertz CT molecular complexity index is 1000. The number of anilines is 1. The molecule has 156 valence electrons. The average Bonchev–Trinajstić information content (AvgIpc) is 3.14. The number of benzene rings is 2. The van der Waals surface area contributed by atoms with Crippen LogP contribution in [0.3, 0.4) is 0 Å². The number of carbonyl (C=O) groups excluding carboxylic acids is 1. The van der Waals surface area contributed by atoms with Gasteiger partial charge in [0.2, 0.25) is 5.91 Å². The minimum absolute atomic E-state index is 0.174. The van der Waals surface area contributed by atoms with Gasteiger partial charge in [0, 0.05) is 57.1 Å². The zero-order valence-electron chi connectivity index (χ0n) is 17.5. The number of halogens is 1. The maximum absolute atomic E-state index is 13.2. The van der Waals surface area contributed by atoms with Crippen LogP contribution < -0.4 is 4.90 Å². The van der Waals surface area contributed by atoms with Crippen LogP contribution in [0.15, 0.2) is 54.7 Å². The molecule has 1 amide bonds. The second kappa shape index (κ2) is 8.69. The van der Waals surface area contributed by atoms with Crippen molar-refractivity contribution in [2.24, 2.45) is 7.05 Å². The topological polar surface area (TPSA) is 41.4 Å². The fraction of sp³-hybridized carbons (Fsp3) is 0.333. The third kappa shape index (κ3) is 4.53. The standard InChI is InChI=1S/C24H27FN4O/c1-18-3-10-22(11-4-18)28-13-15-29(16-14-28)23(30)12-7-20-17-27(2)26-24(20)19-5-8-21(25)9-6-19/h3-6,8-11,17H,7,12-16H2,1-2H3. The van der Waals surface area contributed by atoms with Crippen LogP contribution in [0.25, 0.3) is 11.3 Å². The number of hydrogen-bond acceptors (Lipinski definition) is 3. The third-order valence-electron chi connectivity index (χ3n) is 5.66. The normalized spacial score (nSPS) is 14.2. The van der Waals surface area contributed by atoms with E-state index < -0.39 is 0 Å². The number of nitrogens with zero attached hydrogens (tertiary/aromatic N) is 4. The molecule has 0 bridgehead atoms. The number of aryl methyl sites for hydroxylation is 3. The average molecular weight is 407 g/mol. The van der Waals surface area contributed by atoms with Crippen molar-refractivity contribution >= 4 is 11.6 Å². The highest BCUT2D eigenvalue weighted by molar-refractivity contribution is 5.77. The summed E-state index contributed by atoms with van der Waals surface area (Å²) in [6, 6.07) is 14.9. The molecule has 5 nitrogen and oxygen atoms in total. The largest absolute Gasteiger partial charge is 0.368 e. The summed E-state index contributed by atoms with van der Waals surface area (Å²) in [6.45, 7) is 5.27. The molecule has 4 rings (SSSR count). The Morgan fingerprint density at radius 1 is 1.00 bits per heavy atom. The zero-order chi connectivity index (χ0) is 21.1. The van der Waals surface area contributed by atoms with Gasteiger partial charge in [-0.3, -0.25) is 9.48 Å². The van der Waals surface area contributed by atoms with Crippen molar-refractivity contribution in [2.45, 2.75) is 19.8 Å². The lowest BCUT2D eigenvalue weighted by Gasteiger charge is -2.36. The summed E-state index contributed by atoms with van der Waals surface area (Å²) in [5.41, 5.74) is 5.16. The molecule has 0 atom stereocenters. The highest BCUT2D eigenvalue weighted by Gasteiger charge is 2.22. The lowest BCUT2D eigenvalue weighted by atomic mass is 10.0. The molecule has 0 N–H and O–H groups in total. The summed E-state index contributed by atoms with van der Waals surface area (Å²) in [4.78, 5) is 17.1. The molecule has 0 spiro atoms. The number of piperazine rings is 1. The van der Waals surface area contributed by atoms with E-state index >= 15 is 0 Å². The van der Waals surface area contributed by atoms with Crippen molar-refractivity contribution in [3.8, 4) is 11.3 Å². The van der Waals surface area contributed by atoms with E-state index in [2.05, 4.69) is 41.2 Å². The molecule has 2 aromatic carbocycles. The Morgan fingerprint density at radius 2 is 1.67 bits per heavy atom. The second-order valence-corrected chi connectivity index (χ2v) is 7.89. The fourth-order valence-electron chi connectivity index (χ4n) is 3.94. The molecule has 1 fully saturated rings. The molecule has 0 radical (unpaired) electrons. The van der Waals surface area contributed by atoms with Crippen LogP contribution in [0.1, 0.15) is 17.5 Å². The van der Waals surface area contributed by atoms with Gasteiger partial charge in [-0.05, 0) is 55.3 Å². The van der Waals surface area contributed by atoms with Crippen molar-refractivity contribution in [3.05, 3.63) is 71.7 Å². The van der Waals surface area contributed by atoms with Crippen LogP contribution in [-0.4, -0.2) is 46.8 Å². The highest BCUT2D eigenvalue weighted by atomic mass is 19.1. The lowest BCUT2D eigenvalue weighted by molar-refractivity contribution is -0.131. The molecule has 0 saturated carbocycles. The number of carbonyl (C=O) groups is 1. The quantitative estimate of drug-likeness (QED) is 0.647. The maximum Gasteiger partial charge on any atom is 0.223 e. The minimum Gasteiger partial charge on any atom is -0.368 e. The molecule has 1 aliphatic heterocycles. The molecule has 1 saturated heterocycles. The first-order valence-electron chi connectivity index (χ1n) is 10.4. The van der Waals surface area contributed by atoms with E-state index in [9.17, 15) is 9.18 Å². The lowest BCUT2D eigenvalue weighted by Crippen LogP contribution is -2.48. The molecule has 3 aromatic rings. The van der Waals surface area contributed by atoms with Crippen LogP contribution in [0.4, 0.5) is 10.1 Å². The van der Waals surface area contributed by atoms with Crippen molar-refractivity contribution < 1.29 is 9.18 Å². The predicted molar refractivity (Wildman–Crippen MR) is 117 cm³/mol. The third-order valence-corrected chi connectivity index (χ3v) is 5.66. The van der Waals surface area contributed by atoms with Gasteiger partial charge in [-0.25, -0.2) is 4.39 Å². The first kappa shape index (κ1) is 20.1. The Labute approximate surface area is 176 Å². The molecular weight excluding hydrogens is 379 g/mol. The van der Waals surface area contributed by atoms with Crippen molar-refractivity contribution in [3.63, 3.8) is 0 Å². The Morgan fingerprint density at radius 3 is 2.33 bits per heavy atom. The number of aromatic nitrogens is 2. The maximum atomic E-state index is 13.2. The first-order chi connectivity index (χ1) is 14.5. The molecule has 1 aliphatic rings. The van der Waals surface area contributed by atoms with Gasteiger partial charge in [0.15, 0.2) is 0 Å². The summed E-state index contributed by atoms with van der Waals surface area (Å²) in [7, 11) is 1.86. The van der Waals surface area contributed by atoms with Crippen LogP contribution in [0.2, 0.25) is 0 Å². The number of rotatable bonds is 5. The smallest absolute Gasteiger partial charge is 0.223 e. The molecule has 6 heteroatoms. The van der Waals surface area contributed by atoms with Crippen LogP contribution in [-0.2, 0) is 18.3 Å². The molecular formula is C24H27FN4O. The summed E-state index contributed by atoms with van der Waals surface area (Å²) in [6.07, 6.45) is 3.02.